The first kappa shape index (κ1) is 28.8. The van der Waals surface area contributed by atoms with E-state index in [1.807, 2.05) is 0 Å². The van der Waals surface area contributed by atoms with Gasteiger partial charge < -0.3 is 9.13 Å². The lowest BCUT2D eigenvalue weighted by atomic mass is 9.70. The van der Waals surface area contributed by atoms with Crippen molar-refractivity contribution >= 4 is 32.7 Å². The predicted octanol–water partition coefficient (Wildman–Crippen LogP) is 12.7. The normalized spacial score (nSPS) is 13.4. The maximum atomic E-state index is 2.49. The lowest BCUT2D eigenvalue weighted by molar-refractivity contribution is 0.794. The highest BCUT2D eigenvalue weighted by Crippen LogP contribution is 2.63. The summed E-state index contributed by atoms with van der Waals surface area (Å²) in [6, 6.07) is 69.7. The number of hydrogen-bond acceptors (Lipinski definition) is 0. The van der Waals surface area contributed by atoms with Crippen LogP contribution in [0.5, 0.6) is 0 Å². The molecule has 2 aliphatic carbocycles. The molecule has 246 valence electrons. The molecule has 0 radical (unpaired) electrons. The summed E-state index contributed by atoms with van der Waals surface area (Å²) in [4.78, 5) is 0. The van der Waals surface area contributed by atoms with Crippen molar-refractivity contribution < 1.29 is 0 Å². The third-order valence-electron chi connectivity index (χ3n) is 12.0. The first-order valence-corrected chi connectivity index (χ1v) is 18.4. The van der Waals surface area contributed by atoms with E-state index in [-0.39, 0.29) is 5.41 Å². The van der Waals surface area contributed by atoms with Gasteiger partial charge >= 0.3 is 0 Å². The fourth-order valence-corrected chi connectivity index (χ4v) is 9.83. The van der Waals surface area contributed by atoms with Crippen LogP contribution >= 0.6 is 0 Å². The maximum Gasteiger partial charge on any atom is 0.0788 e. The molecule has 2 aliphatic rings. The van der Waals surface area contributed by atoms with Crippen molar-refractivity contribution in [1.82, 2.24) is 9.13 Å². The predicted molar refractivity (Wildman–Crippen MR) is 219 cm³/mol. The maximum absolute atomic E-state index is 2.49. The molecule has 2 nitrogen and oxygen atoms in total. The number of benzene rings is 8. The molecule has 10 aromatic rings. The van der Waals surface area contributed by atoms with Gasteiger partial charge in [-0.05, 0) is 104 Å². The zero-order valence-corrected chi connectivity index (χ0v) is 28.9. The Labute approximate surface area is 307 Å². The number of aromatic nitrogens is 2. The molecule has 0 atom stereocenters. The summed E-state index contributed by atoms with van der Waals surface area (Å²) in [5, 5.41) is 3.72. The van der Waals surface area contributed by atoms with Gasteiger partial charge in [-0.25, -0.2) is 0 Å². The lowest BCUT2D eigenvalue weighted by Gasteiger charge is -2.30. The quantitative estimate of drug-likeness (QED) is 0.177. The molecule has 2 heteroatoms. The van der Waals surface area contributed by atoms with Gasteiger partial charge in [-0.3, -0.25) is 0 Å². The average molecular weight is 673 g/mol. The van der Waals surface area contributed by atoms with Crippen LogP contribution in [-0.4, -0.2) is 9.13 Å². The Hall–Kier alpha value is -6.90. The van der Waals surface area contributed by atoms with E-state index in [0.29, 0.717) is 0 Å². The van der Waals surface area contributed by atoms with Crippen LogP contribution < -0.4 is 0 Å². The van der Waals surface area contributed by atoms with E-state index in [2.05, 4.69) is 203 Å². The third-order valence-corrected chi connectivity index (χ3v) is 12.0. The number of fused-ring (bicyclic) bond motifs is 15. The summed E-state index contributed by atoms with van der Waals surface area (Å²) in [6.07, 6.45) is 2.20. The Kier molecular flexibility index (Phi) is 5.73. The summed E-state index contributed by atoms with van der Waals surface area (Å²) >= 11 is 0. The topological polar surface area (TPSA) is 9.86 Å². The number of nitrogens with zero attached hydrogens (tertiary/aromatic N) is 2. The number of para-hydroxylation sites is 2. The van der Waals surface area contributed by atoms with Gasteiger partial charge in [0.25, 0.3) is 0 Å². The van der Waals surface area contributed by atoms with Gasteiger partial charge in [-0.2, -0.15) is 0 Å². The van der Waals surface area contributed by atoms with Gasteiger partial charge in [0.05, 0.1) is 22.0 Å². The molecule has 0 amide bonds. The first-order valence-electron chi connectivity index (χ1n) is 18.4. The highest BCUT2D eigenvalue weighted by molar-refractivity contribution is 6.19. The molecule has 53 heavy (non-hydrogen) atoms. The van der Waals surface area contributed by atoms with Crippen molar-refractivity contribution in [2.75, 3.05) is 0 Å². The van der Waals surface area contributed by atoms with Gasteiger partial charge in [0.2, 0.25) is 0 Å². The van der Waals surface area contributed by atoms with Crippen LogP contribution in [0.2, 0.25) is 0 Å². The summed E-state index contributed by atoms with van der Waals surface area (Å²) in [7, 11) is 0. The van der Waals surface area contributed by atoms with Crippen molar-refractivity contribution in [3.05, 3.63) is 217 Å². The summed E-state index contributed by atoms with van der Waals surface area (Å²) in [5.74, 6) is 0. The monoisotopic (exact) mass is 672 g/mol. The molecule has 2 heterocycles. The summed E-state index contributed by atoms with van der Waals surface area (Å²) < 4.78 is 4.79. The minimum atomic E-state index is -0.364. The van der Waals surface area contributed by atoms with Gasteiger partial charge in [0.15, 0.2) is 0 Å². The second-order valence-electron chi connectivity index (χ2n) is 14.5. The molecule has 12 rings (SSSR count). The molecule has 0 fully saturated rings. The average Bonchev–Trinajstić information content (AvgIpc) is 3.97. The lowest BCUT2D eigenvalue weighted by Crippen LogP contribution is -2.25. The van der Waals surface area contributed by atoms with Crippen molar-refractivity contribution in [3.63, 3.8) is 0 Å². The van der Waals surface area contributed by atoms with Crippen LogP contribution in [0.4, 0.5) is 0 Å². The third kappa shape index (κ3) is 3.72. The van der Waals surface area contributed by atoms with Gasteiger partial charge in [-0.1, -0.05) is 140 Å². The van der Waals surface area contributed by atoms with Crippen LogP contribution in [0.25, 0.3) is 77.5 Å². The molecule has 2 aromatic heterocycles. The Bertz CT molecular complexity index is 3040. The molecule has 0 unspecified atom stereocenters. The number of hydrogen-bond donors (Lipinski definition) is 0. The second kappa shape index (κ2) is 10.6. The van der Waals surface area contributed by atoms with Crippen LogP contribution in [0.1, 0.15) is 22.3 Å². The van der Waals surface area contributed by atoms with E-state index in [1.165, 1.54) is 88.3 Å². The molecule has 8 aromatic carbocycles. The Morgan fingerprint density at radius 3 is 1.57 bits per heavy atom. The van der Waals surface area contributed by atoms with Crippen LogP contribution in [-0.2, 0) is 5.41 Å². The Morgan fingerprint density at radius 1 is 0.358 bits per heavy atom. The molecule has 0 saturated carbocycles. The minimum absolute atomic E-state index is 0.364. The summed E-state index contributed by atoms with van der Waals surface area (Å²) in [5.41, 5.74) is 18.8. The SMILES string of the molecule is c1ccc(-n2ccc3ccc4c5cc(-c6ccc7c(c6)C6(c8ccccc8-c8ccccc86)c6ccccc6-7)ccc5n(-c5ccccc5)c4c32)cc1. The van der Waals surface area contributed by atoms with Crippen LogP contribution in [0.3, 0.4) is 0 Å². The summed E-state index contributed by atoms with van der Waals surface area (Å²) in [6.45, 7) is 0. The van der Waals surface area contributed by atoms with Crippen molar-refractivity contribution in [2.24, 2.45) is 0 Å². The molecular weight excluding hydrogens is 641 g/mol. The van der Waals surface area contributed by atoms with E-state index in [1.54, 1.807) is 0 Å². The standard InChI is InChI=1S/C51H32N2/c1-3-13-36(14-4-1)52-30-29-33-23-27-42-43-31-34(25-28-48(43)53(50(42)49(33)52)37-15-5-2-6-16-37)35-24-26-41-40-19-9-12-22-46(40)51(47(41)32-35)44-20-10-7-17-38(44)39-18-8-11-21-45(39)51/h1-32H. The Morgan fingerprint density at radius 2 is 0.906 bits per heavy atom. The zero-order chi connectivity index (χ0) is 34.7. The first-order chi connectivity index (χ1) is 26.3. The fraction of sp³-hybridized carbons (Fsp3) is 0.0196. The van der Waals surface area contributed by atoms with Crippen molar-refractivity contribution in [1.29, 1.82) is 0 Å². The van der Waals surface area contributed by atoms with E-state index in [9.17, 15) is 0 Å². The molecule has 1 spiro atoms. The zero-order valence-electron chi connectivity index (χ0n) is 28.9. The Balaban J connectivity index is 1.13. The number of rotatable bonds is 3. The smallest absolute Gasteiger partial charge is 0.0788 e. The van der Waals surface area contributed by atoms with Crippen molar-refractivity contribution in [2.45, 2.75) is 5.41 Å². The van der Waals surface area contributed by atoms with Gasteiger partial charge in [0, 0.05) is 33.7 Å². The van der Waals surface area contributed by atoms with Gasteiger partial charge in [0.1, 0.15) is 0 Å². The van der Waals surface area contributed by atoms with Gasteiger partial charge in [-0.15, -0.1) is 0 Å². The van der Waals surface area contributed by atoms with E-state index in [0.717, 1.165) is 11.4 Å². The molecule has 0 N–H and O–H groups in total. The highest BCUT2D eigenvalue weighted by Gasteiger charge is 2.51. The molecular formula is C51H32N2. The second-order valence-corrected chi connectivity index (χ2v) is 14.5. The minimum Gasteiger partial charge on any atom is -0.315 e. The van der Waals surface area contributed by atoms with Crippen molar-refractivity contribution in [3.8, 4) is 44.8 Å². The van der Waals surface area contributed by atoms with Crippen LogP contribution in [0, 0.1) is 0 Å². The fourth-order valence-electron chi connectivity index (χ4n) is 9.83. The molecule has 0 aliphatic heterocycles. The highest BCUT2D eigenvalue weighted by atomic mass is 15.0. The molecule has 0 saturated heterocycles. The largest absolute Gasteiger partial charge is 0.315 e. The van der Waals surface area contributed by atoms with E-state index >= 15 is 0 Å². The molecule has 0 bridgehead atoms. The van der Waals surface area contributed by atoms with E-state index < -0.39 is 0 Å². The van der Waals surface area contributed by atoms with Crippen LogP contribution in [0.15, 0.2) is 194 Å². The van der Waals surface area contributed by atoms with E-state index in [4.69, 9.17) is 0 Å².